The molecular formula is C18H25ClN2O4. The molecule has 7 heteroatoms. The van der Waals surface area contributed by atoms with Gasteiger partial charge in [0.2, 0.25) is 5.91 Å². The maximum Gasteiger partial charge on any atom is 0.254 e. The fraction of sp³-hybridized carbons (Fsp3) is 0.556. The van der Waals surface area contributed by atoms with Crippen LogP contribution >= 0.6 is 11.6 Å². The van der Waals surface area contributed by atoms with Crippen molar-refractivity contribution in [3.8, 4) is 11.5 Å². The van der Waals surface area contributed by atoms with Crippen molar-refractivity contribution < 1.29 is 19.1 Å². The van der Waals surface area contributed by atoms with E-state index in [1.165, 1.54) is 14.2 Å². The monoisotopic (exact) mass is 368 g/mol. The Morgan fingerprint density at radius 2 is 1.92 bits per heavy atom. The number of halogens is 1. The van der Waals surface area contributed by atoms with Crippen LogP contribution in [0, 0.1) is 5.92 Å². The lowest BCUT2D eigenvalue weighted by Gasteiger charge is -2.31. The molecule has 1 heterocycles. The Morgan fingerprint density at radius 3 is 2.48 bits per heavy atom. The highest BCUT2D eigenvalue weighted by Gasteiger charge is 2.28. The van der Waals surface area contributed by atoms with Gasteiger partial charge >= 0.3 is 0 Å². The molecule has 1 aromatic rings. The summed E-state index contributed by atoms with van der Waals surface area (Å²) in [5.74, 6) is 0.780. The Kier molecular flexibility index (Phi) is 6.93. The summed E-state index contributed by atoms with van der Waals surface area (Å²) in [4.78, 5) is 26.5. The van der Waals surface area contributed by atoms with Crippen molar-refractivity contribution in [1.29, 1.82) is 0 Å². The molecule has 0 bridgehead atoms. The maximum atomic E-state index is 12.7. The third kappa shape index (κ3) is 4.57. The molecule has 1 saturated heterocycles. The predicted molar refractivity (Wildman–Crippen MR) is 96.5 cm³/mol. The Morgan fingerprint density at radius 1 is 1.24 bits per heavy atom. The smallest absolute Gasteiger partial charge is 0.254 e. The lowest BCUT2D eigenvalue weighted by molar-refractivity contribution is -0.126. The molecular weight excluding hydrogens is 344 g/mol. The van der Waals surface area contributed by atoms with Crippen LogP contribution in [0.4, 0.5) is 0 Å². The van der Waals surface area contributed by atoms with E-state index in [4.69, 9.17) is 21.1 Å². The minimum Gasteiger partial charge on any atom is -0.493 e. The van der Waals surface area contributed by atoms with Crippen LogP contribution in [0.1, 0.15) is 36.5 Å². The van der Waals surface area contributed by atoms with Gasteiger partial charge in [0.25, 0.3) is 5.91 Å². The molecule has 0 spiro atoms. The fourth-order valence-corrected chi connectivity index (χ4v) is 3.25. The first-order chi connectivity index (χ1) is 12.0. The number of methoxy groups -OCH3 is 2. The number of carbonyl (C=O) groups is 2. The number of hydrogen-bond donors (Lipinski definition) is 1. The van der Waals surface area contributed by atoms with E-state index in [1.54, 1.807) is 17.0 Å². The number of benzene rings is 1. The van der Waals surface area contributed by atoms with Gasteiger partial charge in [0.15, 0.2) is 11.5 Å². The number of nitrogens with zero attached hydrogens (tertiary/aromatic N) is 1. The van der Waals surface area contributed by atoms with Crippen LogP contribution in [0.25, 0.3) is 0 Å². The number of nitrogens with one attached hydrogen (secondary N) is 1. The van der Waals surface area contributed by atoms with Crippen molar-refractivity contribution in [2.24, 2.45) is 5.92 Å². The van der Waals surface area contributed by atoms with Gasteiger partial charge < -0.3 is 19.7 Å². The van der Waals surface area contributed by atoms with Crippen LogP contribution in [0.5, 0.6) is 11.5 Å². The zero-order valence-corrected chi connectivity index (χ0v) is 15.7. The normalized spacial score (nSPS) is 15.0. The molecule has 1 N–H and O–H groups in total. The molecule has 1 aliphatic rings. The molecule has 1 fully saturated rings. The summed E-state index contributed by atoms with van der Waals surface area (Å²) in [7, 11) is 3.00. The standard InChI is InChI=1S/C18H25ClN2O4/c1-4-7-20-17(22)12-5-8-21(9-6-12)18(23)13-10-14(19)16(25-3)15(11-13)24-2/h10-12H,4-9H2,1-3H3,(H,20,22). The number of likely N-dealkylation sites (tertiary alicyclic amines) is 1. The van der Waals surface area contributed by atoms with E-state index in [0.717, 1.165) is 6.42 Å². The van der Waals surface area contributed by atoms with Crippen LogP contribution in [0.2, 0.25) is 5.02 Å². The molecule has 0 atom stereocenters. The highest BCUT2D eigenvalue weighted by atomic mass is 35.5. The number of rotatable bonds is 6. The van der Waals surface area contributed by atoms with Gasteiger partial charge in [0.05, 0.1) is 19.2 Å². The molecule has 2 rings (SSSR count). The Hall–Kier alpha value is -1.95. The summed E-state index contributed by atoms with van der Waals surface area (Å²) >= 11 is 6.18. The molecule has 1 aromatic carbocycles. The number of hydrogen-bond acceptors (Lipinski definition) is 4. The van der Waals surface area contributed by atoms with Crippen molar-refractivity contribution >= 4 is 23.4 Å². The van der Waals surface area contributed by atoms with Gasteiger partial charge in [-0.3, -0.25) is 9.59 Å². The van der Waals surface area contributed by atoms with Crippen molar-refractivity contribution in [3.05, 3.63) is 22.7 Å². The molecule has 0 aromatic heterocycles. The van der Waals surface area contributed by atoms with Gasteiger partial charge in [-0.2, -0.15) is 0 Å². The fourth-order valence-electron chi connectivity index (χ4n) is 2.96. The van der Waals surface area contributed by atoms with Gasteiger partial charge in [-0.1, -0.05) is 18.5 Å². The molecule has 0 radical (unpaired) electrons. The van der Waals surface area contributed by atoms with Gasteiger partial charge in [-0.15, -0.1) is 0 Å². The second-order valence-electron chi connectivity index (χ2n) is 6.05. The summed E-state index contributed by atoms with van der Waals surface area (Å²) in [5.41, 5.74) is 0.455. The Balaban J connectivity index is 2.03. The van der Waals surface area contributed by atoms with Gasteiger partial charge in [0.1, 0.15) is 0 Å². The molecule has 0 saturated carbocycles. The molecule has 0 aliphatic carbocycles. The summed E-state index contributed by atoms with van der Waals surface area (Å²) in [5, 5.41) is 3.26. The van der Waals surface area contributed by atoms with E-state index in [0.29, 0.717) is 54.6 Å². The molecule has 138 valence electrons. The average Bonchev–Trinajstić information content (AvgIpc) is 2.64. The number of amides is 2. The lowest BCUT2D eigenvalue weighted by atomic mass is 9.95. The number of ether oxygens (including phenoxy) is 2. The summed E-state index contributed by atoms with van der Waals surface area (Å²) in [6.45, 7) is 3.82. The predicted octanol–water partition coefficient (Wildman–Crippen LogP) is 2.74. The van der Waals surface area contributed by atoms with Crippen LogP contribution in [0.3, 0.4) is 0 Å². The van der Waals surface area contributed by atoms with Crippen molar-refractivity contribution in [1.82, 2.24) is 10.2 Å². The van der Waals surface area contributed by atoms with Crippen LogP contribution in [-0.4, -0.2) is 50.6 Å². The van der Waals surface area contributed by atoms with Gasteiger partial charge in [-0.25, -0.2) is 0 Å². The second kappa shape index (κ2) is 8.94. The van der Waals surface area contributed by atoms with Crippen LogP contribution in [0.15, 0.2) is 12.1 Å². The van der Waals surface area contributed by atoms with Crippen LogP contribution in [-0.2, 0) is 4.79 Å². The summed E-state index contributed by atoms with van der Waals surface area (Å²) in [6.07, 6.45) is 2.26. The van der Waals surface area contributed by atoms with Gasteiger partial charge in [-0.05, 0) is 31.4 Å². The van der Waals surface area contributed by atoms with E-state index in [-0.39, 0.29) is 17.7 Å². The van der Waals surface area contributed by atoms with Crippen molar-refractivity contribution in [2.75, 3.05) is 33.9 Å². The largest absolute Gasteiger partial charge is 0.493 e. The zero-order chi connectivity index (χ0) is 18.4. The number of piperidine rings is 1. The third-order valence-corrected chi connectivity index (χ3v) is 4.66. The Labute approximate surface area is 153 Å². The average molecular weight is 369 g/mol. The number of carbonyl (C=O) groups excluding carboxylic acids is 2. The van der Waals surface area contributed by atoms with Crippen molar-refractivity contribution in [3.63, 3.8) is 0 Å². The van der Waals surface area contributed by atoms with E-state index in [2.05, 4.69) is 5.32 Å². The minimum atomic E-state index is -0.115. The SMILES string of the molecule is CCCNC(=O)C1CCN(C(=O)c2cc(Cl)c(OC)c(OC)c2)CC1. The topological polar surface area (TPSA) is 67.9 Å². The third-order valence-electron chi connectivity index (χ3n) is 4.38. The molecule has 2 amide bonds. The first-order valence-corrected chi connectivity index (χ1v) is 8.88. The molecule has 6 nitrogen and oxygen atoms in total. The van der Waals surface area contributed by atoms with E-state index in [1.807, 2.05) is 6.92 Å². The van der Waals surface area contributed by atoms with E-state index < -0.39 is 0 Å². The maximum absolute atomic E-state index is 12.7. The quantitative estimate of drug-likeness (QED) is 0.838. The van der Waals surface area contributed by atoms with Gasteiger partial charge in [0, 0.05) is 31.1 Å². The lowest BCUT2D eigenvalue weighted by Crippen LogP contribution is -2.43. The minimum absolute atomic E-state index is 0.0235. The molecule has 25 heavy (non-hydrogen) atoms. The summed E-state index contributed by atoms with van der Waals surface area (Å²) < 4.78 is 10.4. The van der Waals surface area contributed by atoms with Crippen molar-refractivity contribution in [2.45, 2.75) is 26.2 Å². The van der Waals surface area contributed by atoms with Crippen LogP contribution < -0.4 is 14.8 Å². The zero-order valence-electron chi connectivity index (χ0n) is 14.9. The molecule has 1 aliphatic heterocycles. The summed E-state index contributed by atoms with van der Waals surface area (Å²) in [6, 6.07) is 3.22. The Bertz CT molecular complexity index is 628. The van der Waals surface area contributed by atoms with E-state index in [9.17, 15) is 9.59 Å². The second-order valence-corrected chi connectivity index (χ2v) is 6.46. The first kappa shape index (κ1) is 19.4. The highest BCUT2D eigenvalue weighted by molar-refractivity contribution is 6.32. The highest BCUT2D eigenvalue weighted by Crippen LogP contribution is 2.36. The first-order valence-electron chi connectivity index (χ1n) is 8.50. The van der Waals surface area contributed by atoms with E-state index >= 15 is 0 Å². The molecule has 0 unspecified atom stereocenters.